The summed E-state index contributed by atoms with van der Waals surface area (Å²) in [5.41, 5.74) is 13.3. The lowest BCUT2D eigenvalue weighted by Crippen LogP contribution is -2.23. The molecule has 180 valence electrons. The van der Waals surface area contributed by atoms with Crippen molar-refractivity contribution in [3.63, 3.8) is 0 Å². The van der Waals surface area contributed by atoms with Gasteiger partial charge in [0.2, 0.25) is 0 Å². The fraction of sp³-hybridized carbons (Fsp3) is 0.133. The molecule has 3 aromatic carbocycles. The minimum absolute atomic E-state index is 0.144. The van der Waals surface area contributed by atoms with E-state index in [9.17, 15) is 4.79 Å². The van der Waals surface area contributed by atoms with Crippen LogP contribution >= 0.6 is 0 Å². The second kappa shape index (κ2) is 10.5. The van der Waals surface area contributed by atoms with Gasteiger partial charge in [-0.05, 0) is 41.3 Å². The van der Waals surface area contributed by atoms with Crippen LogP contribution in [0.15, 0.2) is 97.2 Å². The number of nitrogens with two attached hydrogens (primary N) is 1. The molecular weight excluding hydrogens is 446 g/mol. The number of hydrogen-bond acceptors (Lipinski definition) is 4. The minimum Gasteiger partial charge on any atom is -0.365 e. The Morgan fingerprint density at radius 1 is 0.861 bits per heavy atom. The molecule has 0 aliphatic carbocycles. The number of rotatable bonds is 8. The molecule has 0 aliphatic rings. The summed E-state index contributed by atoms with van der Waals surface area (Å²) in [6.45, 7) is 3.66. The molecular formula is C30H29N5O. The molecule has 5 rings (SSSR count). The molecule has 0 saturated heterocycles. The molecule has 0 unspecified atom stereocenters. The number of pyridine rings is 1. The topological polar surface area (TPSA) is 84.5 Å². The van der Waals surface area contributed by atoms with E-state index in [-0.39, 0.29) is 5.91 Å². The average molecular weight is 476 g/mol. The van der Waals surface area contributed by atoms with E-state index < -0.39 is 0 Å². The van der Waals surface area contributed by atoms with Crippen molar-refractivity contribution in [1.29, 1.82) is 0 Å². The van der Waals surface area contributed by atoms with Crippen molar-refractivity contribution in [2.45, 2.75) is 26.6 Å². The van der Waals surface area contributed by atoms with E-state index in [1.807, 2.05) is 77.3 Å². The third kappa shape index (κ3) is 4.99. The largest absolute Gasteiger partial charge is 0.365 e. The van der Waals surface area contributed by atoms with E-state index >= 15 is 0 Å². The minimum atomic E-state index is -0.144. The lowest BCUT2D eigenvalue weighted by Gasteiger charge is -2.11. The average Bonchev–Trinajstić information content (AvgIpc) is 3.29. The van der Waals surface area contributed by atoms with E-state index in [1.54, 1.807) is 0 Å². The molecule has 4 N–H and O–H groups in total. The summed E-state index contributed by atoms with van der Waals surface area (Å²) in [5.74, 6) is 0.753. The van der Waals surface area contributed by atoms with Crippen molar-refractivity contribution < 1.29 is 4.79 Å². The highest BCUT2D eigenvalue weighted by atomic mass is 16.1. The Hall–Kier alpha value is -4.42. The van der Waals surface area contributed by atoms with Crippen molar-refractivity contribution in [2.24, 2.45) is 5.73 Å². The Labute approximate surface area is 210 Å². The van der Waals surface area contributed by atoms with Crippen molar-refractivity contribution in [1.82, 2.24) is 14.7 Å². The Bertz CT molecular complexity index is 1510. The van der Waals surface area contributed by atoms with E-state index in [2.05, 4.69) is 41.8 Å². The summed E-state index contributed by atoms with van der Waals surface area (Å²) >= 11 is 0. The quantitative estimate of drug-likeness (QED) is 0.284. The van der Waals surface area contributed by atoms with Crippen LogP contribution in [0.25, 0.3) is 16.9 Å². The van der Waals surface area contributed by atoms with Gasteiger partial charge >= 0.3 is 0 Å². The van der Waals surface area contributed by atoms with E-state index in [0.717, 1.165) is 33.8 Å². The van der Waals surface area contributed by atoms with Crippen LogP contribution in [0.3, 0.4) is 0 Å². The molecule has 1 amide bonds. The normalized spacial score (nSPS) is 10.9. The van der Waals surface area contributed by atoms with Gasteiger partial charge in [-0.25, -0.2) is 4.98 Å². The third-order valence-corrected chi connectivity index (χ3v) is 6.27. The van der Waals surface area contributed by atoms with Gasteiger partial charge < -0.3 is 16.4 Å². The van der Waals surface area contributed by atoms with Gasteiger partial charge in [-0.3, -0.25) is 9.20 Å². The van der Waals surface area contributed by atoms with Gasteiger partial charge in [0.15, 0.2) is 0 Å². The predicted octanol–water partition coefficient (Wildman–Crippen LogP) is 5.31. The van der Waals surface area contributed by atoms with Crippen LogP contribution in [0.5, 0.6) is 0 Å². The van der Waals surface area contributed by atoms with Crippen molar-refractivity contribution >= 4 is 17.4 Å². The number of fused-ring (bicyclic) bond motifs is 1. The van der Waals surface area contributed by atoms with Crippen LogP contribution in [0.4, 0.5) is 5.82 Å². The highest BCUT2D eigenvalue weighted by Crippen LogP contribution is 2.31. The number of amides is 1. The molecule has 2 aromatic heterocycles. The molecule has 2 heterocycles. The maximum Gasteiger partial charge on any atom is 0.251 e. The molecule has 0 aliphatic heterocycles. The first kappa shape index (κ1) is 23.3. The summed E-state index contributed by atoms with van der Waals surface area (Å²) in [5, 5.41) is 6.58. The van der Waals surface area contributed by atoms with Crippen molar-refractivity contribution in [3.8, 4) is 11.3 Å². The summed E-state index contributed by atoms with van der Waals surface area (Å²) in [4.78, 5) is 17.9. The van der Waals surface area contributed by atoms with Crippen LogP contribution in [0.1, 0.15) is 32.6 Å². The SMILES string of the molecule is Cc1ccccc1-c1nc2cc(C(=O)NCc3cccc(CN)c3)ccn2c1NCc1ccccc1. The van der Waals surface area contributed by atoms with E-state index in [4.69, 9.17) is 10.7 Å². The van der Waals surface area contributed by atoms with Gasteiger partial charge in [0.25, 0.3) is 5.91 Å². The first-order valence-corrected chi connectivity index (χ1v) is 12.0. The van der Waals surface area contributed by atoms with Crippen LogP contribution in [-0.4, -0.2) is 15.3 Å². The van der Waals surface area contributed by atoms with Crippen LogP contribution in [-0.2, 0) is 19.6 Å². The molecule has 0 spiro atoms. The van der Waals surface area contributed by atoms with Crippen LogP contribution in [0.2, 0.25) is 0 Å². The first-order valence-electron chi connectivity index (χ1n) is 12.0. The molecule has 0 radical (unpaired) electrons. The second-order valence-electron chi connectivity index (χ2n) is 8.81. The highest BCUT2D eigenvalue weighted by Gasteiger charge is 2.17. The first-order chi connectivity index (χ1) is 17.6. The van der Waals surface area contributed by atoms with Crippen molar-refractivity contribution in [3.05, 3.63) is 125 Å². The van der Waals surface area contributed by atoms with Gasteiger partial charge in [-0.1, -0.05) is 78.9 Å². The van der Waals surface area contributed by atoms with Gasteiger partial charge in [-0.15, -0.1) is 0 Å². The standard InChI is InChI=1S/C30H29N5O/c1-21-8-5-6-13-26(21)28-29(32-19-22-9-3-2-4-10-22)35-15-14-25(17-27(35)34-28)30(36)33-20-24-12-7-11-23(16-24)18-31/h2-17,32H,18-20,31H2,1H3,(H,33,36). The number of hydrogen-bond donors (Lipinski definition) is 3. The van der Waals surface area contributed by atoms with E-state index in [0.29, 0.717) is 30.8 Å². The smallest absolute Gasteiger partial charge is 0.251 e. The Morgan fingerprint density at radius 2 is 1.61 bits per heavy atom. The molecule has 0 atom stereocenters. The zero-order chi connectivity index (χ0) is 24.9. The summed E-state index contributed by atoms with van der Waals surface area (Å²) in [7, 11) is 0. The molecule has 0 saturated carbocycles. The number of aromatic nitrogens is 2. The molecule has 0 fully saturated rings. The molecule has 6 nitrogen and oxygen atoms in total. The zero-order valence-corrected chi connectivity index (χ0v) is 20.2. The van der Waals surface area contributed by atoms with E-state index in [1.165, 1.54) is 5.56 Å². The zero-order valence-electron chi connectivity index (χ0n) is 20.2. The lowest BCUT2D eigenvalue weighted by molar-refractivity contribution is 0.0951. The maximum absolute atomic E-state index is 13.0. The summed E-state index contributed by atoms with van der Waals surface area (Å²) in [6.07, 6.45) is 1.90. The Balaban J connectivity index is 1.45. The second-order valence-corrected chi connectivity index (χ2v) is 8.81. The monoisotopic (exact) mass is 475 g/mol. The number of imidazole rings is 1. The predicted molar refractivity (Wildman–Crippen MR) is 145 cm³/mol. The number of nitrogens with one attached hydrogen (secondary N) is 2. The molecule has 5 aromatic rings. The lowest BCUT2D eigenvalue weighted by atomic mass is 10.1. The van der Waals surface area contributed by atoms with Crippen LogP contribution < -0.4 is 16.4 Å². The van der Waals surface area contributed by atoms with Gasteiger partial charge in [0.05, 0.1) is 0 Å². The number of anilines is 1. The summed E-state index contributed by atoms with van der Waals surface area (Å²) in [6, 6.07) is 30.1. The molecule has 0 bridgehead atoms. The number of benzene rings is 3. The van der Waals surface area contributed by atoms with Gasteiger partial charge in [-0.2, -0.15) is 0 Å². The maximum atomic E-state index is 13.0. The van der Waals surface area contributed by atoms with Crippen molar-refractivity contribution in [2.75, 3.05) is 5.32 Å². The van der Waals surface area contributed by atoms with Gasteiger partial charge in [0, 0.05) is 37.0 Å². The number of carbonyl (C=O) groups excluding carboxylic acids is 1. The molecule has 6 heteroatoms. The Morgan fingerprint density at radius 3 is 2.42 bits per heavy atom. The van der Waals surface area contributed by atoms with Gasteiger partial charge in [0.1, 0.15) is 17.2 Å². The van der Waals surface area contributed by atoms with Crippen LogP contribution in [0, 0.1) is 6.92 Å². The summed E-state index contributed by atoms with van der Waals surface area (Å²) < 4.78 is 2.01. The number of nitrogens with zero attached hydrogens (tertiary/aromatic N) is 2. The molecule has 36 heavy (non-hydrogen) atoms. The fourth-order valence-electron chi connectivity index (χ4n) is 4.31. The highest BCUT2D eigenvalue weighted by molar-refractivity contribution is 5.95. The Kier molecular flexibility index (Phi) is 6.78. The number of aryl methyl sites for hydroxylation is 1. The number of carbonyl (C=O) groups is 1. The third-order valence-electron chi connectivity index (χ3n) is 6.27. The fourth-order valence-corrected chi connectivity index (χ4v) is 4.31.